The highest BCUT2D eigenvalue weighted by Crippen LogP contribution is 2.27. The molecule has 19 heavy (non-hydrogen) atoms. The summed E-state index contributed by atoms with van der Waals surface area (Å²) < 4.78 is 18.1. The number of amides is 1. The Morgan fingerprint density at radius 1 is 1.26 bits per heavy atom. The van der Waals surface area contributed by atoms with Gasteiger partial charge in [0.15, 0.2) is 5.76 Å². The predicted octanol–water partition coefficient (Wildman–Crippen LogP) is 1.90. The predicted molar refractivity (Wildman–Crippen MR) is 66.0 cm³/mol. The maximum atomic E-state index is 12.9. The van der Waals surface area contributed by atoms with E-state index in [2.05, 4.69) is 0 Å². The van der Waals surface area contributed by atoms with Gasteiger partial charge in [-0.3, -0.25) is 4.79 Å². The SMILES string of the molecule is O=C(c1occc1-c1ccc(F)cc1)N1CC(O)C1. The highest BCUT2D eigenvalue weighted by molar-refractivity contribution is 5.98. The number of furan rings is 1. The van der Waals surface area contributed by atoms with Gasteiger partial charge in [0.25, 0.3) is 5.91 Å². The lowest BCUT2D eigenvalue weighted by Crippen LogP contribution is -2.53. The first kappa shape index (κ1) is 11.9. The summed E-state index contributed by atoms with van der Waals surface area (Å²) in [5.41, 5.74) is 1.35. The maximum Gasteiger partial charge on any atom is 0.290 e. The summed E-state index contributed by atoms with van der Waals surface area (Å²) in [7, 11) is 0. The summed E-state index contributed by atoms with van der Waals surface area (Å²) in [6.07, 6.45) is 0.982. The Kier molecular flexibility index (Phi) is 2.83. The number of hydrogen-bond acceptors (Lipinski definition) is 3. The van der Waals surface area contributed by atoms with Crippen LogP contribution in [0.1, 0.15) is 10.6 Å². The molecule has 3 rings (SSSR count). The van der Waals surface area contributed by atoms with Crippen LogP contribution in [0.3, 0.4) is 0 Å². The molecule has 2 heterocycles. The minimum Gasteiger partial charge on any atom is -0.459 e. The fourth-order valence-corrected chi connectivity index (χ4v) is 2.10. The number of rotatable bonds is 2. The third kappa shape index (κ3) is 2.13. The van der Waals surface area contributed by atoms with E-state index in [-0.39, 0.29) is 17.5 Å². The van der Waals surface area contributed by atoms with E-state index in [0.717, 1.165) is 5.56 Å². The minimum atomic E-state index is -0.451. The fraction of sp³-hybridized carbons (Fsp3) is 0.214. The second-order valence-electron chi connectivity index (χ2n) is 4.53. The Morgan fingerprint density at radius 3 is 2.58 bits per heavy atom. The first-order valence-electron chi connectivity index (χ1n) is 5.96. The zero-order chi connectivity index (χ0) is 13.4. The molecule has 0 spiro atoms. The van der Waals surface area contributed by atoms with Gasteiger partial charge in [0.1, 0.15) is 5.82 Å². The van der Waals surface area contributed by atoms with Crippen LogP contribution in [0.2, 0.25) is 0 Å². The van der Waals surface area contributed by atoms with Gasteiger partial charge >= 0.3 is 0 Å². The van der Waals surface area contributed by atoms with E-state index in [1.54, 1.807) is 18.2 Å². The topological polar surface area (TPSA) is 53.7 Å². The molecule has 2 aromatic rings. The number of hydrogen-bond donors (Lipinski definition) is 1. The third-order valence-corrected chi connectivity index (χ3v) is 3.16. The first-order chi connectivity index (χ1) is 9.15. The van der Waals surface area contributed by atoms with Crippen molar-refractivity contribution in [1.29, 1.82) is 0 Å². The number of carbonyl (C=O) groups is 1. The number of benzene rings is 1. The highest BCUT2D eigenvalue weighted by Gasteiger charge is 2.32. The Bertz CT molecular complexity index is 599. The largest absolute Gasteiger partial charge is 0.459 e. The van der Waals surface area contributed by atoms with Crippen LogP contribution in [-0.4, -0.2) is 35.1 Å². The molecule has 1 saturated heterocycles. The van der Waals surface area contributed by atoms with Crippen LogP contribution in [0.4, 0.5) is 4.39 Å². The monoisotopic (exact) mass is 261 g/mol. The fourth-order valence-electron chi connectivity index (χ4n) is 2.10. The summed E-state index contributed by atoms with van der Waals surface area (Å²) in [6.45, 7) is 0.644. The molecular weight excluding hydrogens is 249 g/mol. The average molecular weight is 261 g/mol. The first-order valence-corrected chi connectivity index (χ1v) is 5.96. The molecule has 1 aromatic carbocycles. The summed E-state index contributed by atoms with van der Waals surface area (Å²) in [6, 6.07) is 7.55. The average Bonchev–Trinajstić information content (AvgIpc) is 2.84. The second kappa shape index (κ2) is 4.51. The van der Waals surface area contributed by atoms with Crippen molar-refractivity contribution in [2.75, 3.05) is 13.1 Å². The number of carbonyl (C=O) groups excluding carboxylic acids is 1. The van der Waals surface area contributed by atoms with Crippen LogP contribution in [0.25, 0.3) is 11.1 Å². The molecule has 0 unspecified atom stereocenters. The molecule has 1 amide bonds. The van der Waals surface area contributed by atoms with E-state index in [4.69, 9.17) is 4.42 Å². The molecular formula is C14H12FNO3. The zero-order valence-electron chi connectivity index (χ0n) is 10.0. The lowest BCUT2D eigenvalue weighted by atomic mass is 10.0. The summed E-state index contributed by atoms with van der Waals surface area (Å²) in [5.74, 6) is -0.362. The zero-order valence-corrected chi connectivity index (χ0v) is 10.0. The molecule has 1 aromatic heterocycles. The van der Waals surface area contributed by atoms with Gasteiger partial charge in [-0.15, -0.1) is 0 Å². The number of β-amino-alcohol motifs (C(OH)–C–C–N with tert-alkyl or cyclic N) is 1. The summed E-state index contributed by atoms with van der Waals surface area (Å²) in [4.78, 5) is 13.7. The Hall–Kier alpha value is -2.14. The van der Waals surface area contributed by atoms with Crippen LogP contribution in [0.5, 0.6) is 0 Å². The molecule has 0 atom stereocenters. The van der Waals surface area contributed by atoms with Gasteiger partial charge in [-0.05, 0) is 23.8 Å². The number of halogens is 1. The van der Waals surface area contributed by atoms with E-state index < -0.39 is 6.10 Å². The molecule has 0 saturated carbocycles. The Balaban J connectivity index is 1.90. The van der Waals surface area contributed by atoms with Crippen molar-refractivity contribution >= 4 is 5.91 Å². The molecule has 0 radical (unpaired) electrons. The van der Waals surface area contributed by atoms with Crippen molar-refractivity contribution in [3.05, 3.63) is 48.2 Å². The van der Waals surface area contributed by atoms with Crippen molar-refractivity contribution in [3.8, 4) is 11.1 Å². The van der Waals surface area contributed by atoms with Crippen molar-refractivity contribution in [3.63, 3.8) is 0 Å². The van der Waals surface area contributed by atoms with Gasteiger partial charge in [0.2, 0.25) is 0 Å². The smallest absolute Gasteiger partial charge is 0.290 e. The van der Waals surface area contributed by atoms with Gasteiger partial charge in [-0.2, -0.15) is 0 Å². The number of aliphatic hydroxyl groups is 1. The quantitative estimate of drug-likeness (QED) is 0.898. The molecule has 98 valence electrons. The van der Waals surface area contributed by atoms with Crippen LogP contribution in [0, 0.1) is 5.82 Å². The summed E-state index contributed by atoms with van der Waals surface area (Å²) >= 11 is 0. The van der Waals surface area contributed by atoms with Gasteiger partial charge in [-0.1, -0.05) is 12.1 Å². The molecule has 1 N–H and O–H groups in total. The van der Waals surface area contributed by atoms with Crippen LogP contribution >= 0.6 is 0 Å². The van der Waals surface area contributed by atoms with Gasteiger partial charge in [0.05, 0.1) is 12.4 Å². The molecule has 4 nitrogen and oxygen atoms in total. The van der Waals surface area contributed by atoms with Crippen LogP contribution < -0.4 is 0 Å². The van der Waals surface area contributed by atoms with Crippen molar-refractivity contribution in [2.24, 2.45) is 0 Å². The van der Waals surface area contributed by atoms with Crippen LogP contribution in [-0.2, 0) is 0 Å². The maximum absolute atomic E-state index is 12.9. The van der Waals surface area contributed by atoms with E-state index in [9.17, 15) is 14.3 Å². The minimum absolute atomic E-state index is 0.221. The molecule has 5 heteroatoms. The van der Waals surface area contributed by atoms with Gasteiger partial charge < -0.3 is 14.4 Å². The van der Waals surface area contributed by atoms with Gasteiger partial charge in [0, 0.05) is 18.7 Å². The molecule has 1 fully saturated rings. The van der Waals surface area contributed by atoms with E-state index in [1.807, 2.05) is 0 Å². The summed E-state index contributed by atoms with van der Waals surface area (Å²) in [5, 5.41) is 9.22. The highest BCUT2D eigenvalue weighted by atomic mass is 19.1. The van der Waals surface area contributed by atoms with E-state index in [0.29, 0.717) is 18.7 Å². The van der Waals surface area contributed by atoms with Crippen molar-refractivity contribution < 1.29 is 18.7 Å². The standard InChI is InChI=1S/C14H12FNO3/c15-10-3-1-9(2-4-10)12-5-6-19-13(12)14(18)16-7-11(17)8-16/h1-6,11,17H,7-8H2. The normalized spacial score (nSPS) is 15.4. The van der Waals surface area contributed by atoms with Gasteiger partial charge in [-0.25, -0.2) is 4.39 Å². The molecule has 1 aliphatic rings. The molecule has 0 aliphatic carbocycles. The van der Waals surface area contributed by atoms with Crippen molar-refractivity contribution in [2.45, 2.75) is 6.10 Å². The Labute approximate surface area is 109 Å². The van der Waals surface area contributed by atoms with E-state index in [1.165, 1.54) is 23.3 Å². The van der Waals surface area contributed by atoms with Crippen LogP contribution in [0.15, 0.2) is 41.0 Å². The molecule has 1 aliphatic heterocycles. The molecule has 0 bridgehead atoms. The number of likely N-dealkylation sites (tertiary alicyclic amines) is 1. The number of aliphatic hydroxyl groups excluding tert-OH is 1. The van der Waals surface area contributed by atoms with E-state index >= 15 is 0 Å². The van der Waals surface area contributed by atoms with Crippen molar-refractivity contribution in [1.82, 2.24) is 4.90 Å². The Morgan fingerprint density at radius 2 is 1.95 bits per heavy atom. The third-order valence-electron chi connectivity index (χ3n) is 3.16. The second-order valence-corrected chi connectivity index (χ2v) is 4.53. The lowest BCUT2D eigenvalue weighted by Gasteiger charge is -2.35. The number of nitrogens with zero attached hydrogens (tertiary/aromatic N) is 1. The lowest BCUT2D eigenvalue weighted by molar-refractivity contribution is 0.00399.